The van der Waals surface area contributed by atoms with Gasteiger partial charge in [-0.1, -0.05) is 12.1 Å². The van der Waals surface area contributed by atoms with Crippen molar-refractivity contribution in [3.05, 3.63) is 77.5 Å². The van der Waals surface area contributed by atoms with E-state index in [4.69, 9.17) is 4.74 Å². The minimum atomic E-state index is -1.03. The number of aromatic nitrogens is 2. The zero-order chi connectivity index (χ0) is 25.6. The van der Waals surface area contributed by atoms with Gasteiger partial charge in [-0.3, -0.25) is 4.90 Å². The molecule has 3 N–H and O–H groups in total. The number of hydrogen-bond donors (Lipinski definition) is 3. The Kier molecular flexibility index (Phi) is 8.18. The molecule has 1 aromatic heterocycles. The molecule has 8 nitrogen and oxygen atoms in total. The van der Waals surface area contributed by atoms with Gasteiger partial charge in [0.1, 0.15) is 23.2 Å². The number of carbonyl (C=O) groups is 1. The van der Waals surface area contributed by atoms with Gasteiger partial charge in [0, 0.05) is 18.3 Å². The van der Waals surface area contributed by atoms with Gasteiger partial charge >= 0.3 is 6.03 Å². The normalized spacial score (nSPS) is 12.1. The van der Waals surface area contributed by atoms with E-state index in [1.807, 2.05) is 12.1 Å². The van der Waals surface area contributed by atoms with Crippen LogP contribution in [0.3, 0.4) is 0 Å². The molecule has 1 atom stereocenters. The highest BCUT2D eigenvalue weighted by atomic mass is 19.1. The Morgan fingerprint density at radius 3 is 2.54 bits per heavy atom. The minimum absolute atomic E-state index is 0.0202. The number of benzene rings is 2. The molecule has 186 valence electrons. The van der Waals surface area contributed by atoms with Crippen LogP contribution in [0.5, 0.6) is 5.75 Å². The highest BCUT2D eigenvalue weighted by Gasteiger charge is 2.24. The Hall–Kier alpha value is -3.79. The molecule has 3 aromatic rings. The van der Waals surface area contributed by atoms with Crippen LogP contribution in [0, 0.1) is 11.6 Å². The van der Waals surface area contributed by atoms with Crippen molar-refractivity contribution in [1.29, 1.82) is 0 Å². The molecular weight excluding hydrogens is 456 g/mol. The average molecular weight is 486 g/mol. The average Bonchev–Trinajstić information content (AvgIpc) is 2.82. The van der Waals surface area contributed by atoms with E-state index in [0.29, 0.717) is 5.75 Å². The number of urea groups is 1. The van der Waals surface area contributed by atoms with Crippen molar-refractivity contribution in [1.82, 2.24) is 15.3 Å². The van der Waals surface area contributed by atoms with Crippen molar-refractivity contribution in [2.75, 3.05) is 17.3 Å². The number of carbonyl (C=O) groups excluding carboxylic acids is 1. The van der Waals surface area contributed by atoms with Crippen LogP contribution in [0.4, 0.5) is 25.3 Å². The van der Waals surface area contributed by atoms with E-state index in [2.05, 4.69) is 20.6 Å². The predicted octanol–water partition coefficient (Wildman–Crippen LogP) is 4.25. The van der Waals surface area contributed by atoms with E-state index in [1.54, 1.807) is 46.1 Å². The largest absolute Gasteiger partial charge is 0.497 e. The zero-order valence-corrected chi connectivity index (χ0v) is 20.0. The number of anilines is 2. The molecule has 1 unspecified atom stereocenters. The quantitative estimate of drug-likeness (QED) is 0.419. The van der Waals surface area contributed by atoms with Crippen LogP contribution in [-0.2, 0) is 13.1 Å². The number of aliphatic hydroxyl groups is 1. The highest BCUT2D eigenvalue weighted by molar-refractivity contribution is 5.91. The summed E-state index contributed by atoms with van der Waals surface area (Å²) in [6.45, 7) is 5.02. The second-order valence-electron chi connectivity index (χ2n) is 8.59. The van der Waals surface area contributed by atoms with Gasteiger partial charge < -0.3 is 20.5 Å². The number of nitrogens with zero attached hydrogens (tertiary/aromatic N) is 3. The third kappa shape index (κ3) is 7.10. The lowest BCUT2D eigenvalue weighted by atomic mass is 10.0. The number of nitrogens with one attached hydrogen (secondary N) is 2. The number of ether oxygens (including phenoxy) is 1. The third-order valence-electron chi connectivity index (χ3n) is 5.51. The molecule has 0 aliphatic rings. The molecule has 0 spiro atoms. The van der Waals surface area contributed by atoms with Gasteiger partial charge in [-0.2, -0.15) is 4.98 Å². The topological polar surface area (TPSA) is 99.6 Å². The van der Waals surface area contributed by atoms with E-state index in [-0.39, 0.29) is 36.5 Å². The first-order valence-electron chi connectivity index (χ1n) is 11.0. The summed E-state index contributed by atoms with van der Waals surface area (Å²) < 4.78 is 32.8. The Morgan fingerprint density at radius 2 is 1.89 bits per heavy atom. The number of halogens is 2. The Labute approximate surface area is 203 Å². The summed E-state index contributed by atoms with van der Waals surface area (Å²) in [7, 11) is 1.56. The summed E-state index contributed by atoms with van der Waals surface area (Å²) in [5, 5.41) is 15.9. The van der Waals surface area contributed by atoms with Gasteiger partial charge in [0.25, 0.3) is 0 Å². The second-order valence-corrected chi connectivity index (χ2v) is 8.59. The number of hydrogen-bond acceptors (Lipinski definition) is 6. The first-order chi connectivity index (χ1) is 16.6. The molecule has 2 amide bonds. The van der Waals surface area contributed by atoms with Gasteiger partial charge in [0.05, 0.1) is 25.3 Å². The fourth-order valence-electron chi connectivity index (χ4n) is 3.05. The Balaban J connectivity index is 1.86. The first-order valence-corrected chi connectivity index (χ1v) is 11.0. The van der Waals surface area contributed by atoms with Gasteiger partial charge in [-0.25, -0.2) is 18.6 Å². The molecule has 0 bridgehead atoms. The van der Waals surface area contributed by atoms with Crippen LogP contribution in [0.2, 0.25) is 0 Å². The van der Waals surface area contributed by atoms with Gasteiger partial charge in [-0.05, 0) is 62.7 Å². The molecule has 10 heteroatoms. The van der Waals surface area contributed by atoms with Gasteiger partial charge in [0.15, 0.2) is 0 Å². The molecule has 1 heterocycles. The molecular formula is C25H29F2N5O3. The predicted molar refractivity (Wildman–Crippen MR) is 129 cm³/mol. The number of methoxy groups -OCH3 is 1. The van der Waals surface area contributed by atoms with Crippen LogP contribution < -0.4 is 20.3 Å². The monoisotopic (exact) mass is 485 g/mol. The molecule has 0 saturated heterocycles. The summed E-state index contributed by atoms with van der Waals surface area (Å²) in [6, 6.07) is 10.8. The molecule has 0 saturated carbocycles. The van der Waals surface area contributed by atoms with Crippen LogP contribution in [0.1, 0.15) is 31.9 Å². The Bertz CT molecular complexity index is 1150. The Morgan fingerprint density at radius 1 is 1.17 bits per heavy atom. The summed E-state index contributed by atoms with van der Waals surface area (Å²) in [5.41, 5.74) is -0.225. The fraction of sp³-hybridized carbons (Fsp3) is 0.320. The van der Waals surface area contributed by atoms with E-state index in [0.717, 1.165) is 23.8 Å². The van der Waals surface area contributed by atoms with Crippen molar-refractivity contribution in [2.24, 2.45) is 0 Å². The van der Waals surface area contributed by atoms with E-state index in [9.17, 15) is 18.7 Å². The smallest absolute Gasteiger partial charge is 0.323 e. The molecule has 0 fully saturated rings. The summed E-state index contributed by atoms with van der Waals surface area (Å²) in [5.74, 6) is -0.0551. The molecule has 2 aromatic carbocycles. The maximum absolute atomic E-state index is 14.0. The van der Waals surface area contributed by atoms with Crippen LogP contribution in [0.15, 0.2) is 54.7 Å². The van der Waals surface area contributed by atoms with Crippen molar-refractivity contribution < 1.29 is 23.4 Å². The SMILES string of the molecule is COc1ccc(CN(C(=O)NCc2cc(F)ccc2F)c2ccnc(NC(C)C(C)(C)O)n2)cc1. The van der Waals surface area contributed by atoms with Crippen LogP contribution in [-0.4, -0.2) is 39.9 Å². The van der Waals surface area contributed by atoms with E-state index >= 15 is 0 Å². The van der Waals surface area contributed by atoms with Crippen molar-refractivity contribution in [3.63, 3.8) is 0 Å². The molecule has 0 aliphatic carbocycles. The standard InChI is InChI=1S/C25H29F2N5O3/c1-16(25(2,3)34)30-23-28-12-11-22(31-23)32(15-17-5-8-20(35-4)9-6-17)24(33)29-14-18-13-19(26)7-10-21(18)27/h5-13,16,34H,14-15H2,1-4H3,(H,29,33)(H,28,30,31). The first kappa shape index (κ1) is 25.8. The fourth-order valence-corrected chi connectivity index (χ4v) is 3.05. The molecule has 0 aliphatic heterocycles. The van der Waals surface area contributed by atoms with Gasteiger partial charge in [-0.15, -0.1) is 0 Å². The van der Waals surface area contributed by atoms with Crippen LogP contribution in [0.25, 0.3) is 0 Å². The molecule has 0 radical (unpaired) electrons. The lowest BCUT2D eigenvalue weighted by Crippen LogP contribution is -2.41. The maximum Gasteiger partial charge on any atom is 0.323 e. The van der Waals surface area contributed by atoms with Gasteiger partial charge in [0.2, 0.25) is 5.95 Å². The molecule has 35 heavy (non-hydrogen) atoms. The zero-order valence-electron chi connectivity index (χ0n) is 20.0. The maximum atomic E-state index is 14.0. The van der Waals surface area contributed by atoms with Crippen molar-refractivity contribution >= 4 is 17.8 Å². The minimum Gasteiger partial charge on any atom is -0.497 e. The van der Waals surface area contributed by atoms with Crippen molar-refractivity contribution in [3.8, 4) is 5.75 Å². The summed E-state index contributed by atoms with van der Waals surface area (Å²) in [6.07, 6.45) is 1.49. The van der Waals surface area contributed by atoms with Crippen molar-refractivity contribution in [2.45, 2.75) is 45.5 Å². The number of amides is 2. The molecule has 3 rings (SSSR count). The lowest BCUT2D eigenvalue weighted by Gasteiger charge is -2.27. The third-order valence-corrected chi connectivity index (χ3v) is 5.51. The highest BCUT2D eigenvalue weighted by Crippen LogP contribution is 2.20. The summed E-state index contributed by atoms with van der Waals surface area (Å²) in [4.78, 5) is 23.2. The van der Waals surface area contributed by atoms with Crippen LogP contribution >= 0.6 is 0 Å². The number of rotatable bonds is 9. The lowest BCUT2D eigenvalue weighted by molar-refractivity contribution is 0.0646. The van der Waals surface area contributed by atoms with E-state index in [1.165, 1.54) is 11.1 Å². The van der Waals surface area contributed by atoms with E-state index < -0.39 is 23.3 Å². The summed E-state index contributed by atoms with van der Waals surface area (Å²) >= 11 is 0. The second kappa shape index (κ2) is 11.1.